The lowest BCUT2D eigenvalue weighted by Crippen LogP contribution is -2.22. The first-order chi connectivity index (χ1) is 9.47. The molecule has 0 saturated heterocycles. The summed E-state index contributed by atoms with van der Waals surface area (Å²) in [6.45, 7) is 0. The van der Waals surface area contributed by atoms with Gasteiger partial charge in [-0.1, -0.05) is 11.6 Å². The molecule has 1 heterocycles. The summed E-state index contributed by atoms with van der Waals surface area (Å²) in [7, 11) is 3.34. The van der Waals surface area contributed by atoms with E-state index in [-0.39, 0.29) is 5.91 Å². The number of hydrogen-bond acceptors (Lipinski definition) is 4. The molecule has 2 rings (SSSR count). The molecule has 2 aromatic rings. The first kappa shape index (κ1) is 14.1. The fraction of sp³-hybridized carbons (Fsp3) is 0.143. The maximum absolute atomic E-state index is 12.1. The molecule has 6 heteroatoms. The van der Waals surface area contributed by atoms with E-state index in [0.29, 0.717) is 27.8 Å². The lowest BCUT2D eigenvalue weighted by atomic mass is 10.1. The van der Waals surface area contributed by atoms with Crippen molar-refractivity contribution in [2.45, 2.75) is 0 Å². The zero-order chi connectivity index (χ0) is 14.7. The van der Waals surface area contributed by atoms with E-state index in [0.717, 1.165) is 0 Å². The Morgan fingerprint density at radius 1 is 1.30 bits per heavy atom. The zero-order valence-electron chi connectivity index (χ0n) is 11.1. The second-order valence-electron chi connectivity index (χ2n) is 4.40. The van der Waals surface area contributed by atoms with E-state index in [9.17, 15) is 4.79 Å². The molecule has 1 aromatic carbocycles. The molecular formula is C14H14ClN3O2. The molecule has 1 aromatic heterocycles. The number of pyridine rings is 1. The first-order valence-electron chi connectivity index (χ1n) is 5.87. The Morgan fingerprint density at radius 3 is 2.70 bits per heavy atom. The highest BCUT2D eigenvalue weighted by atomic mass is 35.5. The first-order valence-corrected chi connectivity index (χ1v) is 6.25. The van der Waals surface area contributed by atoms with E-state index in [1.165, 1.54) is 17.3 Å². The van der Waals surface area contributed by atoms with Gasteiger partial charge in [0.2, 0.25) is 0 Å². The summed E-state index contributed by atoms with van der Waals surface area (Å²) in [5.41, 5.74) is 6.67. The number of carbonyl (C=O) groups excluding carboxylic acids is 1. The summed E-state index contributed by atoms with van der Waals surface area (Å²) in [5.74, 6) is 0.638. The normalized spacial score (nSPS) is 10.2. The van der Waals surface area contributed by atoms with Crippen molar-refractivity contribution in [3.63, 3.8) is 0 Å². The maximum atomic E-state index is 12.1. The molecule has 0 spiro atoms. The van der Waals surface area contributed by atoms with Crippen molar-refractivity contribution in [2.24, 2.45) is 0 Å². The van der Waals surface area contributed by atoms with Gasteiger partial charge in [-0.05, 0) is 12.1 Å². The SMILES string of the molecule is CN(C)C(=O)c1ccc(N)cc1Oc1cncc(Cl)c1. The molecule has 0 bridgehead atoms. The van der Waals surface area contributed by atoms with Crippen LogP contribution in [0.5, 0.6) is 11.5 Å². The number of amides is 1. The van der Waals surface area contributed by atoms with Gasteiger partial charge in [-0.15, -0.1) is 0 Å². The standard InChI is InChI=1S/C14H14ClN3O2/c1-18(2)14(19)12-4-3-10(16)6-13(12)20-11-5-9(15)7-17-8-11/h3-8H,16H2,1-2H3. The summed E-state index contributed by atoms with van der Waals surface area (Å²) < 4.78 is 5.67. The van der Waals surface area contributed by atoms with Gasteiger partial charge in [-0.3, -0.25) is 9.78 Å². The molecule has 0 aliphatic rings. The monoisotopic (exact) mass is 291 g/mol. The van der Waals surface area contributed by atoms with E-state index >= 15 is 0 Å². The molecule has 0 unspecified atom stereocenters. The lowest BCUT2D eigenvalue weighted by molar-refractivity contribution is 0.0825. The van der Waals surface area contributed by atoms with Crippen molar-refractivity contribution in [3.05, 3.63) is 47.2 Å². The van der Waals surface area contributed by atoms with Crippen LogP contribution >= 0.6 is 11.6 Å². The van der Waals surface area contributed by atoms with Gasteiger partial charge in [-0.25, -0.2) is 0 Å². The minimum absolute atomic E-state index is 0.171. The van der Waals surface area contributed by atoms with Crippen LogP contribution in [0.2, 0.25) is 5.02 Å². The van der Waals surface area contributed by atoms with Crippen LogP contribution in [-0.4, -0.2) is 29.9 Å². The van der Waals surface area contributed by atoms with Gasteiger partial charge in [0, 0.05) is 38.1 Å². The summed E-state index contributed by atoms with van der Waals surface area (Å²) in [4.78, 5) is 17.5. The number of carbonyl (C=O) groups is 1. The third kappa shape index (κ3) is 3.19. The fourth-order valence-corrected chi connectivity index (χ4v) is 1.78. The molecule has 104 valence electrons. The average Bonchev–Trinajstić information content (AvgIpc) is 2.38. The van der Waals surface area contributed by atoms with Crippen LogP contribution in [0.15, 0.2) is 36.7 Å². The molecule has 0 aliphatic heterocycles. The zero-order valence-corrected chi connectivity index (χ0v) is 11.9. The Balaban J connectivity index is 2.39. The minimum atomic E-state index is -0.171. The summed E-state index contributed by atoms with van der Waals surface area (Å²) >= 11 is 5.85. The van der Waals surface area contributed by atoms with Crippen molar-refractivity contribution in [1.82, 2.24) is 9.88 Å². The van der Waals surface area contributed by atoms with Crippen LogP contribution in [0.25, 0.3) is 0 Å². The van der Waals surface area contributed by atoms with Crippen LogP contribution in [0.1, 0.15) is 10.4 Å². The fourth-order valence-electron chi connectivity index (χ4n) is 1.62. The van der Waals surface area contributed by atoms with Gasteiger partial charge in [-0.2, -0.15) is 0 Å². The number of rotatable bonds is 3. The van der Waals surface area contributed by atoms with E-state index in [1.807, 2.05) is 0 Å². The lowest BCUT2D eigenvalue weighted by Gasteiger charge is -2.15. The van der Waals surface area contributed by atoms with Crippen LogP contribution < -0.4 is 10.5 Å². The molecule has 0 aliphatic carbocycles. The van der Waals surface area contributed by atoms with Crippen molar-refractivity contribution < 1.29 is 9.53 Å². The Bertz CT molecular complexity index is 644. The minimum Gasteiger partial charge on any atom is -0.455 e. The van der Waals surface area contributed by atoms with E-state index < -0.39 is 0 Å². The van der Waals surface area contributed by atoms with Crippen molar-refractivity contribution in [3.8, 4) is 11.5 Å². The topological polar surface area (TPSA) is 68.5 Å². The van der Waals surface area contributed by atoms with Crippen molar-refractivity contribution in [2.75, 3.05) is 19.8 Å². The molecule has 5 nitrogen and oxygen atoms in total. The predicted octanol–water partition coefficient (Wildman–Crippen LogP) is 2.81. The van der Waals surface area contributed by atoms with Gasteiger partial charge < -0.3 is 15.4 Å². The predicted molar refractivity (Wildman–Crippen MR) is 78.2 cm³/mol. The number of nitrogens with two attached hydrogens (primary N) is 1. The highest BCUT2D eigenvalue weighted by molar-refractivity contribution is 6.30. The van der Waals surface area contributed by atoms with Crippen molar-refractivity contribution >= 4 is 23.2 Å². The Morgan fingerprint density at radius 2 is 2.05 bits per heavy atom. The molecule has 0 radical (unpaired) electrons. The second-order valence-corrected chi connectivity index (χ2v) is 4.83. The number of benzene rings is 1. The number of nitrogens with zero attached hydrogens (tertiary/aromatic N) is 2. The van der Waals surface area contributed by atoms with Crippen molar-refractivity contribution in [1.29, 1.82) is 0 Å². The number of ether oxygens (including phenoxy) is 1. The van der Waals surface area contributed by atoms with E-state index in [1.54, 1.807) is 38.4 Å². The molecule has 0 fully saturated rings. The second kappa shape index (κ2) is 5.79. The number of aromatic nitrogens is 1. The smallest absolute Gasteiger partial charge is 0.257 e. The number of halogens is 1. The number of nitrogen functional groups attached to an aromatic ring is 1. The molecule has 0 atom stereocenters. The molecule has 20 heavy (non-hydrogen) atoms. The summed E-state index contributed by atoms with van der Waals surface area (Å²) in [6.07, 6.45) is 3.01. The van der Waals surface area contributed by atoms with Gasteiger partial charge in [0.05, 0.1) is 16.8 Å². The maximum Gasteiger partial charge on any atom is 0.257 e. The van der Waals surface area contributed by atoms with Crippen LogP contribution in [0, 0.1) is 0 Å². The summed E-state index contributed by atoms with van der Waals surface area (Å²) in [5, 5.41) is 0.451. The largest absolute Gasteiger partial charge is 0.455 e. The van der Waals surface area contributed by atoms with Gasteiger partial charge in [0.15, 0.2) is 0 Å². The highest BCUT2D eigenvalue weighted by Crippen LogP contribution is 2.29. The third-order valence-corrected chi connectivity index (χ3v) is 2.76. The highest BCUT2D eigenvalue weighted by Gasteiger charge is 2.15. The Hall–Kier alpha value is -2.27. The number of hydrogen-bond donors (Lipinski definition) is 1. The average molecular weight is 292 g/mol. The molecule has 1 amide bonds. The van der Waals surface area contributed by atoms with Crippen LogP contribution in [-0.2, 0) is 0 Å². The van der Waals surface area contributed by atoms with Gasteiger partial charge >= 0.3 is 0 Å². The molecule has 2 N–H and O–H groups in total. The van der Waals surface area contributed by atoms with E-state index in [4.69, 9.17) is 22.1 Å². The number of anilines is 1. The van der Waals surface area contributed by atoms with Crippen LogP contribution in [0.4, 0.5) is 5.69 Å². The molecular weight excluding hydrogens is 278 g/mol. The summed E-state index contributed by atoms with van der Waals surface area (Å²) in [6, 6.07) is 6.49. The Kier molecular flexibility index (Phi) is 4.10. The van der Waals surface area contributed by atoms with E-state index in [2.05, 4.69) is 4.98 Å². The quantitative estimate of drug-likeness (QED) is 0.883. The van der Waals surface area contributed by atoms with Gasteiger partial charge in [0.1, 0.15) is 11.5 Å². The third-order valence-electron chi connectivity index (χ3n) is 2.55. The Labute approximate surface area is 121 Å². The van der Waals surface area contributed by atoms with Crippen LogP contribution in [0.3, 0.4) is 0 Å². The van der Waals surface area contributed by atoms with Gasteiger partial charge in [0.25, 0.3) is 5.91 Å². The molecule has 0 saturated carbocycles.